The Morgan fingerprint density at radius 1 is 1.00 bits per heavy atom. The van der Waals surface area contributed by atoms with Gasteiger partial charge in [-0.25, -0.2) is 4.79 Å². The molecular formula is C19H20O4. The molecule has 0 aromatic heterocycles. The van der Waals surface area contributed by atoms with Crippen molar-refractivity contribution in [3.8, 4) is 11.5 Å². The number of esters is 1. The lowest BCUT2D eigenvalue weighted by atomic mass is 10.1. The second-order valence-corrected chi connectivity index (χ2v) is 5.13. The lowest BCUT2D eigenvalue weighted by Gasteiger charge is -2.14. The van der Waals surface area contributed by atoms with Crippen molar-refractivity contribution >= 4 is 11.5 Å². The molecule has 0 aliphatic rings. The van der Waals surface area contributed by atoms with Gasteiger partial charge in [0.2, 0.25) is 0 Å². The summed E-state index contributed by atoms with van der Waals surface area (Å²) in [4.78, 5) is 12.0. The van der Waals surface area contributed by atoms with Crippen molar-refractivity contribution in [2.45, 2.75) is 13.8 Å². The average molecular weight is 312 g/mol. The monoisotopic (exact) mass is 312 g/mol. The van der Waals surface area contributed by atoms with Crippen LogP contribution in [0, 0.1) is 13.8 Å². The molecule has 23 heavy (non-hydrogen) atoms. The van der Waals surface area contributed by atoms with E-state index in [0.29, 0.717) is 16.9 Å². The predicted molar refractivity (Wildman–Crippen MR) is 89.4 cm³/mol. The maximum absolute atomic E-state index is 12.0. The average Bonchev–Trinajstić information content (AvgIpc) is 2.56. The van der Waals surface area contributed by atoms with Gasteiger partial charge in [0, 0.05) is 5.56 Å². The summed E-state index contributed by atoms with van der Waals surface area (Å²) < 4.78 is 15.9. The van der Waals surface area contributed by atoms with Crippen LogP contribution in [0.2, 0.25) is 0 Å². The highest BCUT2D eigenvalue weighted by Crippen LogP contribution is 2.32. The van der Waals surface area contributed by atoms with Crippen LogP contribution < -0.4 is 4.74 Å². The molecule has 0 N–H and O–H groups in total. The Hall–Kier alpha value is -2.75. The zero-order chi connectivity index (χ0) is 16.8. The van der Waals surface area contributed by atoms with E-state index in [1.807, 2.05) is 50.2 Å². The molecule has 4 nitrogen and oxygen atoms in total. The summed E-state index contributed by atoms with van der Waals surface area (Å²) in [7, 11) is 2.82. The minimum absolute atomic E-state index is 0.302. The first-order chi connectivity index (χ1) is 11.1. The van der Waals surface area contributed by atoms with Crippen molar-refractivity contribution in [3.63, 3.8) is 0 Å². The van der Waals surface area contributed by atoms with Crippen LogP contribution in [0.3, 0.4) is 0 Å². The lowest BCUT2D eigenvalue weighted by molar-refractivity contribution is -0.133. The first-order valence-corrected chi connectivity index (χ1v) is 7.22. The minimum Gasteiger partial charge on any atom is -0.503 e. The Balaban J connectivity index is 2.46. The largest absolute Gasteiger partial charge is 0.503 e. The molecule has 0 unspecified atom stereocenters. The van der Waals surface area contributed by atoms with Gasteiger partial charge in [-0.3, -0.25) is 0 Å². The fraction of sp³-hybridized carbons (Fsp3) is 0.211. The zero-order valence-electron chi connectivity index (χ0n) is 13.8. The Morgan fingerprint density at radius 3 is 2.43 bits per heavy atom. The Morgan fingerprint density at radius 2 is 1.74 bits per heavy atom. The Labute approximate surface area is 136 Å². The van der Waals surface area contributed by atoms with Gasteiger partial charge >= 0.3 is 5.97 Å². The molecule has 2 rings (SSSR count). The van der Waals surface area contributed by atoms with E-state index >= 15 is 0 Å². The molecule has 0 radical (unpaired) electrons. The van der Waals surface area contributed by atoms with Gasteiger partial charge in [0.25, 0.3) is 0 Å². The Kier molecular flexibility index (Phi) is 5.41. The third kappa shape index (κ3) is 3.92. The number of methoxy groups -OCH3 is 2. The first kappa shape index (κ1) is 16.6. The van der Waals surface area contributed by atoms with Crippen molar-refractivity contribution in [1.29, 1.82) is 0 Å². The molecule has 2 aromatic carbocycles. The fourth-order valence-electron chi connectivity index (χ4n) is 2.16. The number of benzene rings is 2. The number of rotatable bonds is 5. The predicted octanol–water partition coefficient (Wildman–Crippen LogP) is 4.26. The molecule has 0 atom stereocenters. The van der Waals surface area contributed by atoms with E-state index in [1.165, 1.54) is 20.5 Å². The number of hydrogen-bond donors (Lipinski definition) is 0. The summed E-state index contributed by atoms with van der Waals surface area (Å²) in [5.74, 6) is 0.831. The highest BCUT2D eigenvalue weighted by atomic mass is 16.5. The number of carbonyl (C=O) groups is 1. The van der Waals surface area contributed by atoms with Crippen LogP contribution in [-0.2, 0) is 14.3 Å². The molecule has 2 aromatic rings. The maximum Gasteiger partial charge on any atom is 0.341 e. The molecule has 0 bridgehead atoms. The quantitative estimate of drug-likeness (QED) is 0.470. The van der Waals surface area contributed by atoms with Crippen LogP contribution in [0.1, 0.15) is 16.7 Å². The molecule has 0 aliphatic carbocycles. The number of carbonyl (C=O) groups excluding carboxylic acids is 1. The molecule has 0 aliphatic heterocycles. The van der Waals surface area contributed by atoms with Crippen LogP contribution >= 0.6 is 0 Å². The number of aryl methyl sites for hydroxylation is 2. The summed E-state index contributed by atoms with van der Waals surface area (Å²) >= 11 is 0. The summed E-state index contributed by atoms with van der Waals surface area (Å²) in [5, 5.41) is 0. The smallest absolute Gasteiger partial charge is 0.341 e. The van der Waals surface area contributed by atoms with Gasteiger partial charge in [0.1, 0.15) is 17.1 Å². The highest BCUT2D eigenvalue weighted by molar-refractivity contribution is 6.17. The minimum atomic E-state index is -0.483. The topological polar surface area (TPSA) is 44.8 Å². The van der Waals surface area contributed by atoms with E-state index in [0.717, 1.165) is 16.9 Å². The third-order valence-electron chi connectivity index (χ3n) is 3.38. The highest BCUT2D eigenvalue weighted by Gasteiger charge is 2.18. The van der Waals surface area contributed by atoms with E-state index < -0.39 is 5.97 Å². The number of ether oxygens (including phenoxy) is 3. The van der Waals surface area contributed by atoms with Crippen molar-refractivity contribution in [2.24, 2.45) is 0 Å². The molecule has 120 valence electrons. The van der Waals surface area contributed by atoms with Gasteiger partial charge < -0.3 is 14.2 Å². The van der Waals surface area contributed by atoms with Crippen LogP contribution in [0.5, 0.6) is 11.5 Å². The van der Waals surface area contributed by atoms with Crippen LogP contribution in [-0.4, -0.2) is 20.2 Å². The molecule has 0 amide bonds. The molecular weight excluding hydrogens is 292 g/mol. The van der Waals surface area contributed by atoms with Crippen molar-refractivity contribution in [1.82, 2.24) is 0 Å². The van der Waals surface area contributed by atoms with Gasteiger partial charge in [0.15, 0.2) is 0 Å². The van der Waals surface area contributed by atoms with E-state index in [4.69, 9.17) is 14.2 Å². The van der Waals surface area contributed by atoms with E-state index in [9.17, 15) is 4.79 Å². The third-order valence-corrected chi connectivity index (χ3v) is 3.38. The summed E-state index contributed by atoms with van der Waals surface area (Å²) in [6.45, 7) is 3.98. The molecule has 0 heterocycles. The van der Waals surface area contributed by atoms with E-state index in [-0.39, 0.29) is 0 Å². The molecule has 0 saturated heterocycles. The SMILES string of the molecule is CO/C=C(/C(=O)OC)c1ccccc1Oc1cc(C)ccc1C. The summed E-state index contributed by atoms with van der Waals surface area (Å²) in [6.07, 6.45) is 1.36. The molecule has 0 fully saturated rings. The molecule has 0 spiro atoms. The van der Waals surface area contributed by atoms with E-state index in [2.05, 4.69) is 0 Å². The van der Waals surface area contributed by atoms with E-state index in [1.54, 1.807) is 6.07 Å². The van der Waals surface area contributed by atoms with Crippen LogP contribution in [0.4, 0.5) is 0 Å². The lowest BCUT2D eigenvalue weighted by Crippen LogP contribution is -2.06. The van der Waals surface area contributed by atoms with Crippen LogP contribution in [0.25, 0.3) is 5.57 Å². The van der Waals surface area contributed by atoms with Gasteiger partial charge in [-0.1, -0.05) is 30.3 Å². The molecule has 4 heteroatoms. The van der Waals surface area contributed by atoms with Gasteiger partial charge in [-0.2, -0.15) is 0 Å². The molecule has 0 saturated carbocycles. The standard InChI is InChI=1S/C19H20O4/c1-13-9-10-14(2)18(11-13)23-17-8-6-5-7-15(17)16(12-21-3)19(20)22-4/h5-12H,1-4H3/b16-12+. The van der Waals surface area contributed by atoms with Crippen molar-refractivity contribution in [3.05, 3.63) is 65.4 Å². The summed E-state index contributed by atoms with van der Waals surface area (Å²) in [6, 6.07) is 13.3. The van der Waals surface area contributed by atoms with Crippen molar-refractivity contribution in [2.75, 3.05) is 14.2 Å². The van der Waals surface area contributed by atoms with Gasteiger partial charge in [0.05, 0.1) is 20.5 Å². The number of hydrogen-bond acceptors (Lipinski definition) is 4. The van der Waals surface area contributed by atoms with Gasteiger partial charge in [-0.05, 0) is 37.1 Å². The Bertz CT molecular complexity index is 732. The first-order valence-electron chi connectivity index (χ1n) is 7.22. The van der Waals surface area contributed by atoms with Crippen molar-refractivity contribution < 1.29 is 19.0 Å². The normalized spacial score (nSPS) is 11.0. The fourth-order valence-corrected chi connectivity index (χ4v) is 2.16. The second-order valence-electron chi connectivity index (χ2n) is 5.13. The summed E-state index contributed by atoms with van der Waals surface area (Å²) in [5.41, 5.74) is 3.03. The zero-order valence-corrected chi connectivity index (χ0v) is 13.8. The van der Waals surface area contributed by atoms with Gasteiger partial charge in [-0.15, -0.1) is 0 Å². The second kappa shape index (κ2) is 7.49. The van der Waals surface area contributed by atoms with Crippen LogP contribution in [0.15, 0.2) is 48.7 Å². The maximum atomic E-state index is 12.0. The number of para-hydroxylation sites is 1.